The molecule has 1 aliphatic carbocycles. The van der Waals surface area contributed by atoms with Gasteiger partial charge in [0, 0.05) is 6.04 Å². The summed E-state index contributed by atoms with van der Waals surface area (Å²) < 4.78 is 10.6. The van der Waals surface area contributed by atoms with Crippen LogP contribution in [0.1, 0.15) is 44.4 Å². The zero-order valence-corrected chi connectivity index (χ0v) is 11.9. The maximum atomic E-state index is 5.32. The average molecular weight is 275 g/mol. The maximum Gasteiger partial charge on any atom is 0.241 e. The van der Waals surface area contributed by atoms with Gasteiger partial charge in [-0.1, -0.05) is 30.8 Å². The SMILES string of the molecule is CN(Cc1nc(-c2ccco2)no1)C1CCCCCC1. The Morgan fingerprint density at radius 3 is 2.75 bits per heavy atom. The van der Waals surface area contributed by atoms with Crippen molar-refractivity contribution >= 4 is 0 Å². The number of aromatic nitrogens is 2. The Hall–Kier alpha value is -1.62. The van der Waals surface area contributed by atoms with Crippen molar-refractivity contribution in [2.75, 3.05) is 7.05 Å². The van der Waals surface area contributed by atoms with Gasteiger partial charge in [-0.3, -0.25) is 4.90 Å². The first-order chi connectivity index (χ1) is 9.83. The summed E-state index contributed by atoms with van der Waals surface area (Å²) in [5, 5.41) is 3.97. The normalized spacial score (nSPS) is 17.5. The van der Waals surface area contributed by atoms with Gasteiger partial charge in [0.1, 0.15) is 0 Å². The van der Waals surface area contributed by atoms with E-state index in [2.05, 4.69) is 22.1 Å². The van der Waals surface area contributed by atoms with E-state index in [9.17, 15) is 0 Å². The Labute approximate surface area is 119 Å². The molecule has 0 N–H and O–H groups in total. The van der Waals surface area contributed by atoms with Gasteiger partial charge in [0.25, 0.3) is 0 Å². The molecule has 1 saturated carbocycles. The highest BCUT2D eigenvalue weighted by molar-refractivity contribution is 5.44. The van der Waals surface area contributed by atoms with E-state index in [0.717, 1.165) is 0 Å². The summed E-state index contributed by atoms with van der Waals surface area (Å²) in [5.41, 5.74) is 0. The molecule has 1 fully saturated rings. The second-order valence-electron chi connectivity index (χ2n) is 5.55. The van der Waals surface area contributed by atoms with E-state index in [1.807, 2.05) is 12.1 Å². The lowest BCUT2D eigenvalue weighted by atomic mass is 10.1. The Balaban J connectivity index is 1.62. The van der Waals surface area contributed by atoms with E-state index in [0.29, 0.717) is 30.1 Å². The van der Waals surface area contributed by atoms with Gasteiger partial charge in [-0.25, -0.2) is 0 Å². The standard InChI is InChI=1S/C15H21N3O2/c1-18(12-7-4-2-3-5-8-12)11-14-16-15(17-20-14)13-9-6-10-19-13/h6,9-10,12H,2-5,7-8,11H2,1H3. The Kier molecular flexibility index (Phi) is 4.16. The fraction of sp³-hybridized carbons (Fsp3) is 0.600. The van der Waals surface area contributed by atoms with Crippen LogP contribution in [-0.4, -0.2) is 28.1 Å². The summed E-state index contributed by atoms with van der Waals surface area (Å²) in [6.45, 7) is 0.707. The lowest BCUT2D eigenvalue weighted by Crippen LogP contribution is -2.30. The van der Waals surface area contributed by atoms with E-state index < -0.39 is 0 Å². The number of hydrogen-bond acceptors (Lipinski definition) is 5. The van der Waals surface area contributed by atoms with E-state index in [1.165, 1.54) is 38.5 Å². The number of furan rings is 1. The lowest BCUT2D eigenvalue weighted by Gasteiger charge is -2.25. The van der Waals surface area contributed by atoms with Gasteiger partial charge >= 0.3 is 0 Å². The van der Waals surface area contributed by atoms with E-state index in [1.54, 1.807) is 6.26 Å². The Morgan fingerprint density at radius 1 is 1.25 bits per heavy atom. The fourth-order valence-electron chi connectivity index (χ4n) is 2.87. The molecule has 0 bridgehead atoms. The molecule has 0 aliphatic heterocycles. The summed E-state index contributed by atoms with van der Waals surface area (Å²) in [7, 11) is 2.15. The van der Waals surface area contributed by atoms with Gasteiger partial charge in [-0.05, 0) is 32.0 Å². The fourth-order valence-corrected chi connectivity index (χ4v) is 2.87. The van der Waals surface area contributed by atoms with Crippen LogP contribution in [0.5, 0.6) is 0 Å². The van der Waals surface area contributed by atoms with Crippen molar-refractivity contribution < 1.29 is 8.94 Å². The van der Waals surface area contributed by atoms with Crippen molar-refractivity contribution in [2.45, 2.75) is 51.1 Å². The van der Waals surface area contributed by atoms with Gasteiger partial charge in [-0.2, -0.15) is 4.98 Å². The molecule has 2 aromatic rings. The number of hydrogen-bond donors (Lipinski definition) is 0. The molecule has 3 rings (SSSR count). The molecular formula is C15H21N3O2. The summed E-state index contributed by atoms with van der Waals surface area (Å²) in [5.74, 6) is 1.83. The Morgan fingerprint density at radius 2 is 2.05 bits per heavy atom. The van der Waals surface area contributed by atoms with Gasteiger partial charge in [-0.15, -0.1) is 0 Å². The zero-order valence-electron chi connectivity index (χ0n) is 11.9. The first-order valence-electron chi connectivity index (χ1n) is 7.39. The molecule has 1 aliphatic rings. The van der Waals surface area contributed by atoms with Crippen LogP contribution in [0.4, 0.5) is 0 Å². The number of nitrogens with zero attached hydrogens (tertiary/aromatic N) is 3. The van der Waals surface area contributed by atoms with E-state index in [-0.39, 0.29) is 0 Å². The summed E-state index contributed by atoms with van der Waals surface area (Å²) in [4.78, 5) is 6.74. The van der Waals surface area contributed by atoms with Crippen LogP contribution in [0, 0.1) is 0 Å². The molecule has 0 aromatic carbocycles. The summed E-state index contributed by atoms with van der Waals surface area (Å²) in [6.07, 6.45) is 9.56. The first-order valence-corrected chi connectivity index (χ1v) is 7.39. The molecule has 5 heteroatoms. The third-order valence-corrected chi connectivity index (χ3v) is 4.04. The predicted octanol–water partition coefficient (Wildman–Crippen LogP) is 3.48. The van der Waals surface area contributed by atoms with E-state index in [4.69, 9.17) is 8.94 Å². The van der Waals surface area contributed by atoms with Crippen molar-refractivity contribution in [1.82, 2.24) is 15.0 Å². The molecule has 0 spiro atoms. The van der Waals surface area contributed by atoms with Crippen LogP contribution in [-0.2, 0) is 6.54 Å². The topological polar surface area (TPSA) is 55.3 Å². The highest BCUT2D eigenvalue weighted by Gasteiger charge is 2.19. The van der Waals surface area contributed by atoms with Gasteiger partial charge < -0.3 is 8.94 Å². The molecule has 2 heterocycles. The maximum absolute atomic E-state index is 5.32. The molecular weight excluding hydrogens is 254 g/mol. The van der Waals surface area contributed by atoms with Gasteiger partial charge in [0.15, 0.2) is 5.76 Å². The second-order valence-corrected chi connectivity index (χ2v) is 5.55. The van der Waals surface area contributed by atoms with Crippen LogP contribution < -0.4 is 0 Å². The van der Waals surface area contributed by atoms with E-state index >= 15 is 0 Å². The minimum absolute atomic E-state index is 0.527. The Bertz CT molecular complexity index is 513. The molecule has 0 amide bonds. The number of rotatable bonds is 4. The van der Waals surface area contributed by atoms with Crippen LogP contribution in [0.3, 0.4) is 0 Å². The van der Waals surface area contributed by atoms with Crippen molar-refractivity contribution in [1.29, 1.82) is 0 Å². The molecule has 2 aromatic heterocycles. The summed E-state index contributed by atoms with van der Waals surface area (Å²) >= 11 is 0. The molecule has 108 valence electrons. The molecule has 0 saturated heterocycles. The van der Waals surface area contributed by atoms with Gasteiger partial charge in [0.2, 0.25) is 11.7 Å². The van der Waals surface area contributed by atoms with Crippen LogP contribution in [0.25, 0.3) is 11.6 Å². The molecule has 20 heavy (non-hydrogen) atoms. The predicted molar refractivity (Wildman–Crippen MR) is 75.0 cm³/mol. The summed E-state index contributed by atoms with van der Waals surface area (Å²) in [6, 6.07) is 4.30. The van der Waals surface area contributed by atoms with Crippen LogP contribution in [0.15, 0.2) is 27.3 Å². The quantitative estimate of drug-likeness (QED) is 0.799. The largest absolute Gasteiger partial charge is 0.461 e. The third-order valence-electron chi connectivity index (χ3n) is 4.04. The lowest BCUT2D eigenvalue weighted by molar-refractivity contribution is 0.187. The van der Waals surface area contributed by atoms with Crippen molar-refractivity contribution in [3.8, 4) is 11.6 Å². The van der Waals surface area contributed by atoms with Gasteiger partial charge in [0.05, 0.1) is 12.8 Å². The zero-order chi connectivity index (χ0) is 13.8. The van der Waals surface area contributed by atoms with Crippen molar-refractivity contribution in [2.24, 2.45) is 0 Å². The first kappa shape index (κ1) is 13.4. The van der Waals surface area contributed by atoms with Crippen molar-refractivity contribution in [3.63, 3.8) is 0 Å². The average Bonchev–Trinajstić information content (AvgIpc) is 3.05. The smallest absolute Gasteiger partial charge is 0.241 e. The highest BCUT2D eigenvalue weighted by atomic mass is 16.5. The second kappa shape index (κ2) is 6.22. The minimum Gasteiger partial charge on any atom is -0.461 e. The molecule has 5 nitrogen and oxygen atoms in total. The van der Waals surface area contributed by atoms with Crippen molar-refractivity contribution in [3.05, 3.63) is 24.3 Å². The third kappa shape index (κ3) is 3.10. The monoisotopic (exact) mass is 275 g/mol. The van der Waals surface area contributed by atoms with Crippen LogP contribution in [0.2, 0.25) is 0 Å². The minimum atomic E-state index is 0.527. The molecule has 0 radical (unpaired) electrons. The molecule has 0 atom stereocenters. The van der Waals surface area contributed by atoms with Crippen LogP contribution >= 0.6 is 0 Å². The highest BCUT2D eigenvalue weighted by Crippen LogP contribution is 2.22. The molecule has 0 unspecified atom stereocenters.